The first kappa shape index (κ1) is 15.3. The van der Waals surface area contributed by atoms with E-state index in [0.717, 1.165) is 0 Å². The fraction of sp³-hybridized carbons (Fsp3) is 0.500. The van der Waals surface area contributed by atoms with Crippen LogP contribution in [0, 0.1) is 5.92 Å². The lowest BCUT2D eigenvalue weighted by Crippen LogP contribution is -2.27. The van der Waals surface area contributed by atoms with Gasteiger partial charge in [0, 0.05) is 13.2 Å². The molecule has 0 radical (unpaired) electrons. The van der Waals surface area contributed by atoms with Gasteiger partial charge in [-0.25, -0.2) is 0 Å². The molecule has 5 heteroatoms. The monoisotopic (exact) mass is 267 g/mol. The molecule has 19 heavy (non-hydrogen) atoms. The van der Waals surface area contributed by atoms with Gasteiger partial charge in [0.15, 0.2) is 0 Å². The van der Waals surface area contributed by atoms with Gasteiger partial charge in [-0.2, -0.15) is 0 Å². The molecule has 1 aromatic rings. The molecule has 5 nitrogen and oxygen atoms in total. The molecular weight excluding hydrogens is 246 g/mol. The van der Waals surface area contributed by atoms with Crippen molar-refractivity contribution in [3.05, 3.63) is 23.8 Å². The second-order valence-corrected chi connectivity index (χ2v) is 4.61. The lowest BCUT2D eigenvalue weighted by atomic mass is 10.2. The van der Waals surface area contributed by atoms with E-state index in [-0.39, 0.29) is 17.2 Å². The zero-order valence-electron chi connectivity index (χ0n) is 11.6. The van der Waals surface area contributed by atoms with Gasteiger partial charge in [-0.15, -0.1) is 0 Å². The molecule has 0 heterocycles. The van der Waals surface area contributed by atoms with Gasteiger partial charge < -0.3 is 19.9 Å². The summed E-state index contributed by atoms with van der Waals surface area (Å²) in [6.45, 7) is 5.65. The average Bonchev–Trinajstić information content (AvgIpc) is 2.38. The molecule has 1 rings (SSSR count). The maximum Gasteiger partial charge on any atom is 0.255 e. The molecule has 0 fully saturated rings. The van der Waals surface area contributed by atoms with Gasteiger partial charge in [-0.05, 0) is 24.1 Å². The number of hydrogen-bond acceptors (Lipinski definition) is 4. The zero-order valence-corrected chi connectivity index (χ0v) is 11.6. The van der Waals surface area contributed by atoms with Crippen LogP contribution in [-0.4, -0.2) is 37.9 Å². The van der Waals surface area contributed by atoms with Crippen molar-refractivity contribution < 1.29 is 19.4 Å². The fourth-order valence-electron chi connectivity index (χ4n) is 1.47. The highest BCUT2D eigenvalue weighted by atomic mass is 16.5. The molecular formula is C14H21NO4. The summed E-state index contributed by atoms with van der Waals surface area (Å²) in [4.78, 5) is 11.8. The first-order valence-electron chi connectivity index (χ1n) is 6.27. The predicted molar refractivity (Wildman–Crippen MR) is 72.6 cm³/mol. The van der Waals surface area contributed by atoms with Crippen LogP contribution in [0.15, 0.2) is 18.2 Å². The molecule has 0 aliphatic rings. The quantitative estimate of drug-likeness (QED) is 0.739. The number of carbonyl (C=O) groups excluding carboxylic acids is 1. The summed E-state index contributed by atoms with van der Waals surface area (Å²) in [5, 5.41) is 12.3. The molecule has 0 aliphatic carbocycles. The number of hydrogen-bond donors (Lipinski definition) is 2. The number of rotatable bonds is 7. The largest absolute Gasteiger partial charge is 0.507 e. The third-order valence-electron chi connectivity index (χ3n) is 2.43. The van der Waals surface area contributed by atoms with Crippen LogP contribution in [0.1, 0.15) is 24.2 Å². The topological polar surface area (TPSA) is 67.8 Å². The molecule has 2 N–H and O–H groups in total. The Kier molecular flexibility index (Phi) is 6.15. The Hall–Kier alpha value is -1.75. The van der Waals surface area contributed by atoms with Crippen LogP contribution >= 0.6 is 0 Å². The van der Waals surface area contributed by atoms with E-state index in [1.54, 1.807) is 6.07 Å². The van der Waals surface area contributed by atoms with Gasteiger partial charge in [0.25, 0.3) is 5.91 Å². The van der Waals surface area contributed by atoms with Gasteiger partial charge in [0.2, 0.25) is 0 Å². The first-order valence-corrected chi connectivity index (χ1v) is 6.27. The number of ether oxygens (including phenoxy) is 2. The maximum absolute atomic E-state index is 11.8. The third kappa shape index (κ3) is 5.18. The van der Waals surface area contributed by atoms with Gasteiger partial charge in [0.05, 0.1) is 19.3 Å². The normalized spacial score (nSPS) is 10.5. The van der Waals surface area contributed by atoms with Gasteiger partial charge in [-0.1, -0.05) is 13.8 Å². The Bertz CT molecular complexity index is 418. The minimum atomic E-state index is -0.343. The lowest BCUT2D eigenvalue weighted by molar-refractivity contribution is 0.0883. The van der Waals surface area contributed by atoms with Crippen LogP contribution in [0.5, 0.6) is 11.5 Å². The fourth-order valence-corrected chi connectivity index (χ4v) is 1.47. The molecule has 0 saturated heterocycles. The van der Waals surface area contributed by atoms with E-state index >= 15 is 0 Å². The molecule has 0 unspecified atom stereocenters. The SMILES string of the molecule is COc1ccc(O)c(C(=O)NCCOCC(C)C)c1. The van der Waals surface area contributed by atoms with Gasteiger partial charge in [0.1, 0.15) is 11.5 Å². The van der Waals surface area contributed by atoms with Gasteiger partial charge in [-0.3, -0.25) is 4.79 Å². The van der Waals surface area contributed by atoms with Crippen LogP contribution in [0.4, 0.5) is 0 Å². The van der Waals surface area contributed by atoms with Crippen molar-refractivity contribution >= 4 is 5.91 Å². The first-order chi connectivity index (χ1) is 9.04. The Labute approximate surface area is 113 Å². The van der Waals surface area contributed by atoms with Crippen LogP contribution in [0.2, 0.25) is 0 Å². The zero-order chi connectivity index (χ0) is 14.3. The van der Waals surface area contributed by atoms with Crippen LogP contribution in [-0.2, 0) is 4.74 Å². The van der Waals surface area contributed by atoms with E-state index in [1.807, 2.05) is 0 Å². The highest BCUT2D eigenvalue weighted by Gasteiger charge is 2.11. The van der Waals surface area contributed by atoms with Crippen LogP contribution in [0.3, 0.4) is 0 Å². The number of phenolic OH excluding ortho intramolecular Hbond substituents is 1. The van der Waals surface area contributed by atoms with Crippen molar-refractivity contribution in [1.82, 2.24) is 5.32 Å². The van der Waals surface area contributed by atoms with Crippen molar-refractivity contribution in [2.24, 2.45) is 5.92 Å². The number of amides is 1. The van der Waals surface area contributed by atoms with E-state index < -0.39 is 0 Å². The standard InChI is InChI=1S/C14H21NO4/c1-10(2)9-19-7-6-15-14(17)12-8-11(18-3)4-5-13(12)16/h4-5,8,10,16H,6-7,9H2,1-3H3,(H,15,17). The molecule has 0 saturated carbocycles. The number of methoxy groups -OCH3 is 1. The van der Waals surface area contributed by atoms with Crippen molar-refractivity contribution in [3.63, 3.8) is 0 Å². The van der Waals surface area contributed by atoms with Crippen molar-refractivity contribution in [3.8, 4) is 11.5 Å². The summed E-state index contributed by atoms with van der Waals surface area (Å²) in [6, 6.07) is 4.53. The second kappa shape index (κ2) is 7.63. The minimum absolute atomic E-state index is 0.0681. The summed E-state index contributed by atoms with van der Waals surface area (Å²) >= 11 is 0. The second-order valence-electron chi connectivity index (χ2n) is 4.61. The van der Waals surface area contributed by atoms with E-state index in [0.29, 0.717) is 31.4 Å². The number of carbonyl (C=O) groups is 1. The predicted octanol–water partition coefficient (Wildman–Crippen LogP) is 1.80. The summed E-state index contributed by atoms with van der Waals surface area (Å²) in [5.41, 5.74) is 0.197. The van der Waals surface area contributed by atoms with Crippen LogP contribution in [0.25, 0.3) is 0 Å². The number of benzene rings is 1. The number of aromatic hydroxyl groups is 1. The maximum atomic E-state index is 11.8. The molecule has 0 aliphatic heterocycles. The lowest BCUT2D eigenvalue weighted by Gasteiger charge is -2.09. The molecule has 1 aromatic carbocycles. The minimum Gasteiger partial charge on any atom is -0.507 e. The highest BCUT2D eigenvalue weighted by Crippen LogP contribution is 2.22. The molecule has 0 spiro atoms. The highest BCUT2D eigenvalue weighted by molar-refractivity contribution is 5.97. The summed E-state index contributed by atoms with van der Waals surface area (Å²) in [5.74, 6) is 0.586. The summed E-state index contributed by atoms with van der Waals surface area (Å²) < 4.78 is 10.4. The number of nitrogens with one attached hydrogen (secondary N) is 1. The average molecular weight is 267 g/mol. The molecule has 0 aromatic heterocycles. The smallest absolute Gasteiger partial charge is 0.255 e. The van der Waals surface area contributed by atoms with Gasteiger partial charge >= 0.3 is 0 Å². The summed E-state index contributed by atoms with van der Waals surface area (Å²) in [7, 11) is 1.51. The Morgan fingerprint density at radius 1 is 1.42 bits per heavy atom. The van der Waals surface area contributed by atoms with Crippen LogP contribution < -0.4 is 10.1 Å². The Morgan fingerprint density at radius 3 is 2.79 bits per heavy atom. The molecule has 106 valence electrons. The van der Waals surface area contributed by atoms with Crippen molar-refractivity contribution in [2.75, 3.05) is 26.9 Å². The summed E-state index contributed by atoms with van der Waals surface area (Å²) in [6.07, 6.45) is 0. The Morgan fingerprint density at radius 2 is 2.16 bits per heavy atom. The number of phenols is 1. The third-order valence-corrected chi connectivity index (χ3v) is 2.43. The van der Waals surface area contributed by atoms with E-state index in [4.69, 9.17) is 9.47 Å². The van der Waals surface area contributed by atoms with E-state index in [2.05, 4.69) is 19.2 Å². The molecule has 0 atom stereocenters. The molecule has 0 bridgehead atoms. The van der Waals surface area contributed by atoms with E-state index in [9.17, 15) is 9.90 Å². The molecule has 1 amide bonds. The van der Waals surface area contributed by atoms with Crippen molar-refractivity contribution in [2.45, 2.75) is 13.8 Å². The van der Waals surface area contributed by atoms with E-state index in [1.165, 1.54) is 19.2 Å². The Balaban J connectivity index is 2.45. The van der Waals surface area contributed by atoms with Crippen molar-refractivity contribution in [1.29, 1.82) is 0 Å².